The molecule has 3 aromatic rings. The molecule has 0 radical (unpaired) electrons. The molecule has 4 rings (SSSR count). The van der Waals surface area contributed by atoms with Gasteiger partial charge in [-0.3, -0.25) is 0 Å². The molecule has 1 aliphatic rings. The topological polar surface area (TPSA) is 79.2 Å². The number of phenolic OH excluding ortho intramolecular Hbond substituents is 3. The molecule has 1 heterocycles. The minimum atomic E-state index is -0.0488. The third-order valence-corrected chi connectivity index (χ3v) is 5.74. The molecule has 0 unspecified atom stereocenters. The van der Waals surface area contributed by atoms with E-state index in [2.05, 4.69) is 0 Å². The van der Waals surface area contributed by atoms with Crippen molar-refractivity contribution in [2.75, 3.05) is 13.7 Å². The van der Waals surface area contributed by atoms with Gasteiger partial charge in [0.05, 0.1) is 13.7 Å². The number of methoxy groups -OCH3 is 1. The maximum atomic E-state index is 10.2. The molecule has 2 atom stereocenters. The summed E-state index contributed by atoms with van der Waals surface area (Å²) in [5.41, 5.74) is 4.45. The number of rotatable bonds is 3. The van der Waals surface area contributed by atoms with Gasteiger partial charge in [-0.05, 0) is 54.8 Å². The van der Waals surface area contributed by atoms with E-state index in [1.54, 1.807) is 18.2 Å². The molecule has 3 aromatic carbocycles. The van der Waals surface area contributed by atoms with Crippen LogP contribution in [0.3, 0.4) is 0 Å². The van der Waals surface area contributed by atoms with Crippen LogP contribution in [0.25, 0.3) is 0 Å². The smallest absolute Gasteiger partial charge is 0.161 e. The highest BCUT2D eigenvalue weighted by Gasteiger charge is 2.35. The minimum Gasteiger partial charge on any atom is -0.508 e. The second kappa shape index (κ2) is 7.24. The quantitative estimate of drug-likeness (QED) is 0.600. The molecule has 1 aliphatic heterocycles. The summed E-state index contributed by atoms with van der Waals surface area (Å²) in [5.74, 6) is 1.58. The van der Waals surface area contributed by atoms with Crippen molar-refractivity contribution < 1.29 is 24.8 Å². The van der Waals surface area contributed by atoms with E-state index < -0.39 is 0 Å². The number of benzene rings is 3. The highest BCUT2D eigenvalue weighted by atomic mass is 16.5. The summed E-state index contributed by atoms with van der Waals surface area (Å²) in [6.45, 7) is 4.10. The Kier molecular flexibility index (Phi) is 4.74. The van der Waals surface area contributed by atoms with Crippen LogP contribution >= 0.6 is 0 Å². The largest absolute Gasteiger partial charge is 0.508 e. The molecule has 0 spiro atoms. The Balaban J connectivity index is 1.90. The Hall–Kier alpha value is -3.34. The number of hydrogen-bond donors (Lipinski definition) is 3. The van der Waals surface area contributed by atoms with Crippen molar-refractivity contribution in [3.8, 4) is 28.7 Å². The van der Waals surface area contributed by atoms with Gasteiger partial charge in [-0.1, -0.05) is 24.3 Å². The fraction of sp³-hybridized carbons (Fsp3) is 0.250. The van der Waals surface area contributed by atoms with Crippen LogP contribution in [0, 0.1) is 13.8 Å². The summed E-state index contributed by atoms with van der Waals surface area (Å²) < 4.78 is 11.5. The van der Waals surface area contributed by atoms with Gasteiger partial charge in [0.25, 0.3) is 0 Å². The molecule has 0 aromatic heterocycles. The van der Waals surface area contributed by atoms with Crippen LogP contribution in [0.2, 0.25) is 0 Å². The molecule has 3 N–H and O–H groups in total. The van der Waals surface area contributed by atoms with E-state index in [1.165, 1.54) is 7.11 Å². The van der Waals surface area contributed by atoms with Gasteiger partial charge in [-0.2, -0.15) is 0 Å². The monoisotopic (exact) mass is 392 g/mol. The molecule has 5 heteroatoms. The van der Waals surface area contributed by atoms with Crippen molar-refractivity contribution in [1.82, 2.24) is 0 Å². The first kappa shape index (κ1) is 19.0. The van der Waals surface area contributed by atoms with Gasteiger partial charge < -0.3 is 24.8 Å². The lowest BCUT2D eigenvalue weighted by Crippen LogP contribution is -2.26. The van der Waals surface area contributed by atoms with E-state index in [4.69, 9.17) is 9.47 Å². The van der Waals surface area contributed by atoms with Crippen molar-refractivity contribution in [2.24, 2.45) is 0 Å². The molecule has 29 heavy (non-hydrogen) atoms. The van der Waals surface area contributed by atoms with Crippen LogP contribution < -0.4 is 9.47 Å². The molecule has 150 valence electrons. The van der Waals surface area contributed by atoms with E-state index >= 15 is 0 Å². The fourth-order valence-electron chi connectivity index (χ4n) is 4.15. The summed E-state index contributed by atoms with van der Waals surface area (Å²) in [6.07, 6.45) is 0. The summed E-state index contributed by atoms with van der Waals surface area (Å²) >= 11 is 0. The standard InChI is InChI=1S/C24H24O5/c1-13-10-16(11-21(28-3)23(13)27)19-12-29-24-14(2)20(26)9-8-18(24)22(19)15-4-6-17(25)7-5-15/h4-11,19,22,25-27H,12H2,1-3H3/t19-,22-/m1/s1. The second-order valence-corrected chi connectivity index (χ2v) is 7.50. The van der Waals surface area contributed by atoms with Gasteiger partial charge in [0.15, 0.2) is 11.5 Å². The summed E-state index contributed by atoms with van der Waals surface area (Å²) in [4.78, 5) is 0. The van der Waals surface area contributed by atoms with Crippen molar-refractivity contribution in [2.45, 2.75) is 25.7 Å². The second-order valence-electron chi connectivity index (χ2n) is 7.50. The Labute approximate surface area is 169 Å². The van der Waals surface area contributed by atoms with Gasteiger partial charge in [0.1, 0.15) is 17.2 Å². The van der Waals surface area contributed by atoms with Gasteiger partial charge in [0, 0.05) is 23.0 Å². The van der Waals surface area contributed by atoms with E-state index in [0.717, 1.165) is 22.3 Å². The highest BCUT2D eigenvalue weighted by Crippen LogP contribution is 2.49. The molecule has 0 saturated heterocycles. The van der Waals surface area contributed by atoms with Gasteiger partial charge in [0.2, 0.25) is 0 Å². The van der Waals surface area contributed by atoms with Crippen molar-refractivity contribution in [3.05, 3.63) is 76.3 Å². The van der Waals surface area contributed by atoms with E-state index in [0.29, 0.717) is 23.7 Å². The molecule has 5 nitrogen and oxygen atoms in total. The first-order valence-corrected chi connectivity index (χ1v) is 9.52. The third kappa shape index (κ3) is 3.23. The zero-order chi connectivity index (χ0) is 20.7. The van der Waals surface area contributed by atoms with Gasteiger partial charge >= 0.3 is 0 Å². The van der Waals surface area contributed by atoms with E-state index in [-0.39, 0.29) is 29.1 Å². The molecule has 0 fully saturated rings. The van der Waals surface area contributed by atoms with Crippen LogP contribution in [0.5, 0.6) is 28.7 Å². The van der Waals surface area contributed by atoms with Crippen LogP contribution in [-0.4, -0.2) is 29.0 Å². The zero-order valence-corrected chi connectivity index (χ0v) is 16.6. The van der Waals surface area contributed by atoms with Crippen LogP contribution in [0.15, 0.2) is 48.5 Å². The Morgan fingerprint density at radius 1 is 0.931 bits per heavy atom. The average Bonchev–Trinajstić information content (AvgIpc) is 2.72. The summed E-state index contributed by atoms with van der Waals surface area (Å²) in [5, 5.41) is 30.1. The molecular weight excluding hydrogens is 368 g/mol. The lowest BCUT2D eigenvalue weighted by Gasteiger charge is -2.35. The van der Waals surface area contributed by atoms with Gasteiger partial charge in [-0.15, -0.1) is 0 Å². The predicted molar refractivity (Wildman–Crippen MR) is 110 cm³/mol. The number of ether oxygens (including phenoxy) is 2. The Morgan fingerprint density at radius 2 is 1.66 bits per heavy atom. The van der Waals surface area contributed by atoms with Crippen molar-refractivity contribution >= 4 is 0 Å². The Morgan fingerprint density at radius 3 is 2.34 bits per heavy atom. The number of aryl methyl sites for hydroxylation is 1. The fourth-order valence-corrected chi connectivity index (χ4v) is 4.15. The van der Waals surface area contributed by atoms with Crippen LogP contribution in [-0.2, 0) is 0 Å². The minimum absolute atomic E-state index is 0.0378. The molecular formula is C24H24O5. The summed E-state index contributed by atoms with van der Waals surface area (Å²) in [6, 6.07) is 14.6. The predicted octanol–water partition coefficient (Wildman–Crippen LogP) is 4.74. The number of aromatic hydroxyl groups is 3. The average molecular weight is 392 g/mol. The molecule has 0 aliphatic carbocycles. The van der Waals surface area contributed by atoms with Crippen molar-refractivity contribution in [3.63, 3.8) is 0 Å². The van der Waals surface area contributed by atoms with Crippen LogP contribution in [0.1, 0.15) is 39.7 Å². The molecule has 0 amide bonds. The molecule has 0 bridgehead atoms. The maximum absolute atomic E-state index is 10.2. The Bertz CT molecular complexity index is 1060. The zero-order valence-electron chi connectivity index (χ0n) is 16.6. The number of hydrogen-bond acceptors (Lipinski definition) is 5. The first-order valence-electron chi connectivity index (χ1n) is 9.52. The third-order valence-electron chi connectivity index (χ3n) is 5.74. The SMILES string of the molecule is COc1cc([C@H]2COc3c(ccc(O)c3C)[C@H]2c2ccc(O)cc2)cc(C)c1O. The number of phenols is 3. The first-order chi connectivity index (χ1) is 13.9. The lowest BCUT2D eigenvalue weighted by atomic mass is 9.75. The maximum Gasteiger partial charge on any atom is 0.161 e. The van der Waals surface area contributed by atoms with Crippen LogP contribution in [0.4, 0.5) is 0 Å². The highest BCUT2D eigenvalue weighted by molar-refractivity contribution is 5.57. The molecule has 0 saturated carbocycles. The van der Waals surface area contributed by atoms with Crippen molar-refractivity contribution in [1.29, 1.82) is 0 Å². The van der Waals surface area contributed by atoms with Gasteiger partial charge in [-0.25, -0.2) is 0 Å². The number of fused-ring (bicyclic) bond motifs is 1. The van der Waals surface area contributed by atoms with E-state index in [9.17, 15) is 15.3 Å². The summed E-state index contributed by atoms with van der Waals surface area (Å²) in [7, 11) is 1.54. The van der Waals surface area contributed by atoms with E-state index in [1.807, 2.05) is 44.2 Å². The normalized spacial score (nSPS) is 18.0. The lowest BCUT2D eigenvalue weighted by molar-refractivity contribution is 0.245.